The Morgan fingerprint density at radius 1 is 0.824 bits per heavy atom. The van der Waals surface area contributed by atoms with Crippen molar-refractivity contribution in [3.8, 4) is 0 Å². The standard InChI is InChI=1S/C25H24ClN3O5/c26-22-12-11-19(15-27-22)14-21(24(31)32)28-23(30)20(13-17-7-3-1-4-8-17)29-25(33)34-16-18-9-5-2-6-10-18/h1-12,15,20-21H,13-14,16H2,(H,28,30)(H,29,33)(H,31,32)/t20-,21-/m1/s1. The number of carbonyl (C=O) groups is 3. The van der Waals surface area contributed by atoms with Crippen LogP contribution < -0.4 is 10.6 Å². The van der Waals surface area contributed by atoms with Crippen LogP contribution in [0.4, 0.5) is 4.79 Å². The molecule has 0 spiro atoms. The van der Waals surface area contributed by atoms with Crippen molar-refractivity contribution in [2.24, 2.45) is 0 Å². The van der Waals surface area contributed by atoms with Gasteiger partial charge in [0.2, 0.25) is 5.91 Å². The molecule has 34 heavy (non-hydrogen) atoms. The number of hydrogen-bond donors (Lipinski definition) is 3. The number of carboxylic acids is 1. The number of carbonyl (C=O) groups excluding carboxylic acids is 2. The summed E-state index contributed by atoms with van der Waals surface area (Å²) in [5.74, 6) is -1.86. The van der Waals surface area contributed by atoms with Gasteiger partial charge >= 0.3 is 12.1 Å². The average Bonchev–Trinajstić information content (AvgIpc) is 2.84. The number of benzene rings is 2. The second-order valence-electron chi connectivity index (χ2n) is 7.54. The van der Waals surface area contributed by atoms with Gasteiger partial charge in [0.05, 0.1) is 0 Å². The summed E-state index contributed by atoms with van der Waals surface area (Å²) in [6, 6.07) is 19.1. The maximum atomic E-state index is 13.0. The van der Waals surface area contributed by atoms with Gasteiger partial charge in [-0.25, -0.2) is 14.6 Å². The molecule has 3 aromatic rings. The van der Waals surface area contributed by atoms with Gasteiger partial charge in [0, 0.05) is 19.0 Å². The molecule has 0 saturated carbocycles. The summed E-state index contributed by atoms with van der Waals surface area (Å²) in [6.45, 7) is 0.0354. The smallest absolute Gasteiger partial charge is 0.408 e. The number of amides is 2. The molecule has 0 radical (unpaired) electrons. The number of carboxylic acid groups (broad SMARTS) is 1. The summed E-state index contributed by atoms with van der Waals surface area (Å²) in [6.07, 6.45) is 0.822. The molecule has 0 unspecified atom stereocenters. The first-order chi connectivity index (χ1) is 16.4. The monoisotopic (exact) mass is 481 g/mol. The van der Waals surface area contributed by atoms with Gasteiger partial charge in [0.25, 0.3) is 0 Å². The lowest BCUT2D eigenvalue weighted by Crippen LogP contribution is -2.53. The molecule has 0 aliphatic rings. The largest absolute Gasteiger partial charge is 0.480 e. The number of ether oxygens (including phenoxy) is 1. The summed E-state index contributed by atoms with van der Waals surface area (Å²) in [5, 5.41) is 15.0. The third kappa shape index (κ3) is 7.90. The van der Waals surface area contributed by atoms with Gasteiger partial charge in [-0.1, -0.05) is 78.3 Å². The molecule has 0 aliphatic carbocycles. The van der Waals surface area contributed by atoms with Crippen molar-refractivity contribution in [2.75, 3.05) is 0 Å². The zero-order chi connectivity index (χ0) is 24.3. The number of halogens is 1. The number of hydrogen-bond acceptors (Lipinski definition) is 5. The first kappa shape index (κ1) is 24.7. The lowest BCUT2D eigenvalue weighted by Gasteiger charge is -2.21. The van der Waals surface area contributed by atoms with Gasteiger partial charge in [-0.15, -0.1) is 0 Å². The van der Waals surface area contributed by atoms with Crippen LogP contribution in [0.1, 0.15) is 16.7 Å². The summed E-state index contributed by atoms with van der Waals surface area (Å²) >= 11 is 5.78. The van der Waals surface area contributed by atoms with Crippen molar-refractivity contribution >= 4 is 29.6 Å². The Morgan fingerprint density at radius 2 is 1.44 bits per heavy atom. The van der Waals surface area contributed by atoms with Crippen molar-refractivity contribution in [3.05, 3.63) is 101 Å². The van der Waals surface area contributed by atoms with Crippen LogP contribution in [0.15, 0.2) is 79.0 Å². The molecule has 3 rings (SSSR count). The summed E-state index contributed by atoms with van der Waals surface area (Å²) in [7, 11) is 0. The van der Waals surface area contributed by atoms with Crippen molar-refractivity contribution in [2.45, 2.75) is 31.5 Å². The van der Waals surface area contributed by atoms with E-state index in [-0.39, 0.29) is 24.6 Å². The van der Waals surface area contributed by atoms with Gasteiger partial charge in [-0.05, 0) is 22.8 Å². The molecule has 9 heteroatoms. The van der Waals surface area contributed by atoms with Crippen LogP contribution in [0.3, 0.4) is 0 Å². The highest BCUT2D eigenvalue weighted by Crippen LogP contribution is 2.09. The normalized spacial score (nSPS) is 12.3. The summed E-state index contributed by atoms with van der Waals surface area (Å²) in [4.78, 5) is 41.2. The van der Waals surface area contributed by atoms with E-state index in [9.17, 15) is 19.5 Å². The first-order valence-electron chi connectivity index (χ1n) is 10.6. The number of aromatic nitrogens is 1. The fraction of sp³-hybridized carbons (Fsp3) is 0.200. The highest BCUT2D eigenvalue weighted by atomic mass is 35.5. The van der Waals surface area contributed by atoms with E-state index < -0.39 is 30.1 Å². The Bertz CT molecular complexity index is 1090. The lowest BCUT2D eigenvalue weighted by molar-refractivity contribution is -0.142. The fourth-order valence-electron chi connectivity index (χ4n) is 3.20. The number of nitrogens with zero attached hydrogens (tertiary/aromatic N) is 1. The second kappa shape index (κ2) is 12.4. The minimum absolute atomic E-state index is 0.00174. The molecule has 176 valence electrons. The molecular weight excluding hydrogens is 458 g/mol. The van der Waals surface area contributed by atoms with Crippen molar-refractivity contribution in [3.63, 3.8) is 0 Å². The van der Waals surface area contributed by atoms with Crippen LogP contribution in [0.25, 0.3) is 0 Å². The van der Waals surface area contributed by atoms with Gasteiger partial charge in [0.15, 0.2) is 0 Å². The fourth-order valence-corrected chi connectivity index (χ4v) is 3.31. The Labute approximate surface area is 201 Å². The van der Waals surface area contributed by atoms with Crippen LogP contribution in [0, 0.1) is 0 Å². The SMILES string of the molecule is O=C(N[C@H](Cc1ccccc1)C(=O)N[C@H](Cc1ccc(Cl)nc1)C(=O)O)OCc1ccccc1. The molecule has 2 amide bonds. The number of nitrogens with one attached hydrogen (secondary N) is 2. The molecule has 0 saturated heterocycles. The number of rotatable bonds is 10. The third-order valence-corrected chi connectivity index (χ3v) is 5.17. The quantitative estimate of drug-likeness (QED) is 0.382. The molecule has 8 nitrogen and oxygen atoms in total. The van der Waals surface area contributed by atoms with E-state index in [0.717, 1.165) is 11.1 Å². The number of pyridine rings is 1. The van der Waals surface area contributed by atoms with Gasteiger partial charge in [-0.3, -0.25) is 4.79 Å². The van der Waals surface area contributed by atoms with E-state index in [4.69, 9.17) is 16.3 Å². The van der Waals surface area contributed by atoms with E-state index >= 15 is 0 Å². The van der Waals surface area contributed by atoms with Gasteiger partial charge in [-0.2, -0.15) is 0 Å². The van der Waals surface area contributed by atoms with Crippen molar-refractivity contribution < 1.29 is 24.2 Å². The lowest BCUT2D eigenvalue weighted by atomic mass is 10.0. The highest BCUT2D eigenvalue weighted by molar-refractivity contribution is 6.29. The topological polar surface area (TPSA) is 118 Å². The van der Waals surface area contributed by atoms with Crippen molar-refractivity contribution in [1.82, 2.24) is 15.6 Å². The molecule has 2 aromatic carbocycles. The Kier molecular flexibility index (Phi) is 8.99. The Balaban J connectivity index is 1.68. The van der Waals surface area contributed by atoms with Crippen LogP contribution in [-0.4, -0.2) is 40.1 Å². The number of alkyl carbamates (subject to hydrolysis) is 1. The second-order valence-corrected chi connectivity index (χ2v) is 7.93. The van der Waals surface area contributed by atoms with E-state index in [2.05, 4.69) is 15.6 Å². The third-order valence-electron chi connectivity index (χ3n) is 4.95. The molecular formula is C25H24ClN3O5. The molecule has 1 aromatic heterocycles. The average molecular weight is 482 g/mol. The molecule has 0 fully saturated rings. The summed E-state index contributed by atoms with van der Waals surface area (Å²) < 4.78 is 5.24. The minimum atomic E-state index is -1.23. The number of aliphatic carboxylic acids is 1. The Morgan fingerprint density at radius 3 is 2.03 bits per heavy atom. The predicted molar refractivity (Wildman–Crippen MR) is 126 cm³/mol. The molecule has 1 heterocycles. The predicted octanol–water partition coefficient (Wildman–Crippen LogP) is 3.38. The van der Waals surface area contributed by atoms with Crippen LogP contribution in [0.5, 0.6) is 0 Å². The van der Waals surface area contributed by atoms with Gasteiger partial charge < -0.3 is 20.5 Å². The molecule has 0 bridgehead atoms. The summed E-state index contributed by atoms with van der Waals surface area (Å²) in [5.41, 5.74) is 2.18. The van der Waals surface area contributed by atoms with Crippen LogP contribution >= 0.6 is 11.6 Å². The maximum absolute atomic E-state index is 13.0. The molecule has 2 atom stereocenters. The van der Waals surface area contributed by atoms with Crippen LogP contribution in [-0.2, 0) is 33.8 Å². The van der Waals surface area contributed by atoms with Gasteiger partial charge in [0.1, 0.15) is 23.8 Å². The minimum Gasteiger partial charge on any atom is -0.480 e. The van der Waals surface area contributed by atoms with Crippen LogP contribution in [0.2, 0.25) is 5.15 Å². The zero-order valence-corrected chi connectivity index (χ0v) is 18.9. The highest BCUT2D eigenvalue weighted by Gasteiger charge is 2.27. The molecule has 0 aliphatic heterocycles. The zero-order valence-electron chi connectivity index (χ0n) is 18.2. The Hall–Kier alpha value is -3.91. The van der Waals surface area contributed by atoms with E-state index in [0.29, 0.717) is 5.56 Å². The molecule has 3 N–H and O–H groups in total. The first-order valence-corrected chi connectivity index (χ1v) is 10.9. The maximum Gasteiger partial charge on any atom is 0.408 e. The van der Waals surface area contributed by atoms with Crippen molar-refractivity contribution in [1.29, 1.82) is 0 Å². The van der Waals surface area contributed by atoms with E-state index in [1.54, 1.807) is 12.1 Å². The van der Waals surface area contributed by atoms with E-state index in [1.807, 2.05) is 60.7 Å². The van der Waals surface area contributed by atoms with E-state index in [1.165, 1.54) is 6.20 Å².